The van der Waals surface area contributed by atoms with Crippen molar-refractivity contribution in [3.05, 3.63) is 71.6 Å². The van der Waals surface area contributed by atoms with Gasteiger partial charge in [-0.05, 0) is 37.8 Å². The molecule has 0 saturated heterocycles. The Morgan fingerprint density at radius 1 is 1.25 bits per heavy atom. The molecule has 0 bridgehead atoms. The van der Waals surface area contributed by atoms with E-state index in [4.69, 9.17) is 0 Å². The van der Waals surface area contributed by atoms with Crippen molar-refractivity contribution < 1.29 is 13.6 Å². The average Bonchev–Trinajstić information content (AvgIpc) is 3.12. The summed E-state index contributed by atoms with van der Waals surface area (Å²) in [6.45, 7) is 0. The molecule has 3 aromatic rings. The van der Waals surface area contributed by atoms with E-state index in [0.29, 0.717) is 12.8 Å². The topological polar surface area (TPSA) is 72.7 Å². The number of halogens is 2. The zero-order chi connectivity index (χ0) is 19.5. The van der Waals surface area contributed by atoms with Crippen LogP contribution in [0, 0.1) is 11.6 Å². The van der Waals surface area contributed by atoms with Crippen LogP contribution < -0.4 is 5.32 Å². The van der Waals surface area contributed by atoms with Crippen LogP contribution in [0.15, 0.2) is 43.0 Å². The molecule has 1 amide bonds. The fraction of sp³-hybridized carbons (Fsp3) is 0.300. The summed E-state index contributed by atoms with van der Waals surface area (Å²) in [4.78, 5) is 20.5. The minimum absolute atomic E-state index is 0.0794. The van der Waals surface area contributed by atoms with Crippen molar-refractivity contribution in [3.8, 4) is 5.69 Å². The van der Waals surface area contributed by atoms with Gasteiger partial charge in [-0.1, -0.05) is 0 Å². The number of carbonyl (C=O) groups excluding carboxylic acids is 1. The lowest BCUT2D eigenvalue weighted by Gasteiger charge is -2.24. The molecule has 1 aliphatic carbocycles. The highest BCUT2D eigenvalue weighted by atomic mass is 19.1. The Labute approximate surface area is 160 Å². The Bertz CT molecular complexity index is 990. The standard InChI is InChI=1S/C20H19F2N5O/c21-13-4-6-19(16(22)10-13)27-18-3-1-2-17(15(18)12-25-27)26-20(28)7-5-14-11-23-8-9-24-14/h4,6,8-12,17H,1-3,5,7H2,(H,26,28)/t17-/m0/s1. The molecule has 0 unspecified atom stereocenters. The van der Waals surface area contributed by atoms with Crippen LogP contribution in [0.3, 0.4) is 0 Å². The monoisotopic (exact) mass is 383 g/mol. The van der Waals surface area contributed by atoms with Crippen molar-refractivity contribution in [3.63, 3.8) is 0 Å². The van der Waals surface area contributed by atoms with E-state index in [1.807, 2.05) is 0 Å². The summed E-state index contributed by atoms with van der Waals surface area (Å²) in [5.41, 5.74) is 2.69. The summed E-state index contributed by atoms with van der Waals surface area (Å²) >= 11 is 0. The Hall–Kier alpha value is -3.16. The van der Waals surface area contributed by atoms with Crippen molar-refractivity contribution in [2.24, 2.45) is 0 Å². The SMILES string of the molecule is O=C(CCc1cnccn1)N[C@H]1CCCc2c1cnn2-c1ccc(F)cc1F. The minimum Gasteiger partial charge on any atom is -0.349 e. The number of aryl methyl sites for hydroxylation is 1. The summed E-state index contributed by atoms with van der Waals surface area (Å²) in [6.07, 6.45) is 9.68. The third-order valence-corrected chi connectivity index (χ3v) is 4.88. The number of aromatic nitrogens is 4. The van der Waals surface area contributed by atoms with E-state index in [-0.39, 0.29) is 17.6 Å². The molecular formula is C20H19F2N5O. The minimum atomic E-state index is -0.666. The van der Waals surface area contributed by atoms with Gasteiger partial charge in [0.1, 0.15) is 11.5 Å². The molecule has 4 rings (SSSR count). The first-order chi connectivity index (χ1) is 13.6. The average molecular weight is 383 g/mol. The lowest BCUT2D eigenvalue weighted by molar-refractivity contribution is -0.121. The van der Waals surface area contributed by atoms with Gasteiger partial charge in [0.05, 0.1) is 17.9 Å². The number of carbonyl (C=O) groups is 1. The number of benzene rings is 1. The van der Waals surface area contributed by atoms with Crippen molar-refractivity contribution in [1.29, 1.82) is 0 Å². The molecule has 28 heavy (non-hydrogen) atoms. The fourth-order valence-corrected chi connectivity index (χ4v) is 3.53. The molecule has 0 aliphatic heterocycles. The van der Waals surface area contributed by atoms with Gasteiger partial charge in [-0.3, -0.25) is 14.8 Å². The maximum atomic E-state index is 14.2. The van der Waals surface area contributed by atoms with E-state index >= 15 is 0 Å². The Morgan fingerprint density at radius 2 is 2.14 bits per heavy atom. The largest absolute Gasteiger partial charge is 0.349 e. The highest BCUT2D eigenvalue weighted by Gasteiger charge is 2.26. The molecule has 6 nitrogen and oxygen atoms in total. The molecule has 1 N–H and O–H groups in total. The zero-order valence-electron chi connectivity index (χ0n) is 15.1. The van der Waals surface area contributed by atoms with Crippen LogP contribution in [0.2, 0.25) is 0 Å². The van der Waals surface area contributed by atoms with Crippen molar-refractivity contribution >= 4 is 5.91 Å². The van der Waals surface area contributed by atoms with E-state index < -0.39 is 11.6 Å². The number of rotatable bonds is 5. The molecule has 0 radical (unpaired) electrons. The second-order valence-corrected chi connectivity index (χ2v) is 6.76. The first-order valence-electron chi connectivity index (χ1n) is 9.18. The van der Waals surface area contributed by atoms with Crippen LogP contribution in [0.1, 0.15) is 42.3 Å². The third kappa shape index (κ3) is 3.76. The summed E-state index contributed by atoms with van der Waals surface area (Å²) in [6, 6.07) is 3.26. The summed E-state index contributed by atoms with van der Waals surface area (Å²) in [5.74, 6) is -1.37. The van der Waals surface area contributed by atoms with E-state index in [1.165, 1.54) is 16.8 Å². The predicted octanol–water partition coefficient (Wildman–Crippen LogP) is 3.07. The van der Waals surface area contributed by atoms with Gasteiger partial charge in [0.25, 0.3) is 0 Å². The number of hydrogen-bond donors (Lipinski definition) is 1. The van der Waals surface area contributed by atoms with Gasteiger partial charge in [-0.15, -0.1) is 0 Å². The molecule has 144 valence electrons. The Kier molecular flexibility index (Phi) is 5.10. The molecule has 0 spiro atoms. The molecular weight excluding hydrogens is 364 g/mol. The van der Waals surface area contributed by atoms with Crippen LogP contribution in [-0.4, -0.2) is 25.7 Å². The summed E-state index contributed by atoms with van der Waals surface area (Å²) in [5, 5.41) is 7.33. The van der Waals surface area contributed by atoms with Gasteiger partial charge in [0, 0.05) is 42.3 Å². The fourth-order valence-electron chi connectivity index (χ4n) is 3.53. The predicted molar refractivity (Wildman–Crippen MR) is 97.7 cm³/mol. The molecule has 1 aromatic carbocycles. The van der Waals surface area contributed by atoms with Gasteiger partial charge >= 0.3 is 0 Å². The number of amides is 1. The molecule has 1 atom stereocenters. The summed E-state index contributed by atoms with van der Waals surface area (Å²) in [7, 11) is 0. The number of hydrogen-bond acceptors (Lipinski definition) is 4. The molecule has 0 saturated carbocycles. The van der Waals surface area contributed by atoms with Gasteiger partial charge < -0.3 is 5.32 Å². The quantitative estimate of drug-likeness (QED) is 0.735. The van der Waals surface area contributed by atoms with Crippen molar-refractivity contribution in [2.45, 2.75) is 38.1 Å². The number of nitrogens with zero attached hydrogens (tertiary/aromatic N) is 4. The number of nitrogens with one attached hydrogen (secondary N) is 1. The second kappa shape index (κ2) is 7.84. The Morgan fingerprint density at radius 3 is 2.93 bits per heavy atom. The first-order valence-corrected chi connectivity index (χ1v) is 9.18. The van der Waals surface area contributed by atoms with Gasteiger partial charge in [0.15, 0.2) is 5.82 Å². The highest BCUT2D eigenvalue weighted by molar-refractivity contribution is 5.76. The third-order valence-electron chi connectivity index (χ3n) is 4.88. The molecule has 0 fully saturated rings. The van der Waals surface area contributed by atoms with Crippen LogP contribution in [0.5, 0.6) is 0 Å². The smallest absolute Gasteiger partial charge is 0.220 e. The molecule has 8 heteroatoms. The molecule has 1 aliphatic rings. The zero-order valence-corrected chi connectivity index (χ0v) is 15.1. The van der Waals surface area contributed by atoms with Gasteiger partial charge in [-0.25, -0.2) is 13.5 Å². The Balaban J connectivity index is 1.49. The van der Waals surface area contributed by atoms with Gasteiger partial charge in [0.2, 0.25) is 5.91 Å². The highest BCUT2D eigenvalue weighted by Crippen LogP contribution is 2.31. The normalized spacial score (nSPS) is 15.9. The lowest BCUT2D eigenvalue weighted by Crippen LogP contribution is -2.31. The molecule has 2 aromatic heterocycles. The van der Waals surface area contributed by atoms with E-state index in [0.717, 1.165) is 42.3 Å². The lowest BCUT2D eigenvalue weighted by atomic mass is 9.92. The van der Waals surface area contributed by atoms with Crippen molar-refractivity contribution in [2.75, 3.05) is 0 Å². The molecule has 2 heterocycles. The second-order valence-electron chi connectivity index (χ2n) is 6.76. The van der Waals surface area contributed by atoms with Crippen LogP contribution in [0.25, 0.3) is 5.69 Å². The van der Waals surface area contributed by atoms with E-state index in [1.54, 1.807) is 24.8 Å². The first kappa shape index (κ1) is 18.2. The van der Waals surface area contributed by atoms with E-state index in [9.17, 15) is 13.6 Å². The van der Waals surface area contributed by atoms with Crippen molar-refractivity contribution in [1.82, 2.24) is 25.1 Å². The summed E-state index contributed by atoms with van der Waals surface area (Å²) < 4.78 is 28.9. The maximum Gasteiger partial charge on any atom is 0.220 e. The maximum absolute atomic E-state index is 14.2. The van der Waals surface area contributed by atoms with Crippen LogP contribution >= 0.6 is 0 Å². The van der Waals surface area contributed by atoms with Crippen LogP contribution in [0.4, 0.5) is 8.78 Å². The number of fused-ring (bicyclic) bond motifs is 1. The van der Waals surface area contributed by atoms with Crippen LogP contribution in [-0.2, 0) is 17.6 Å². The van der Waals surface area contributed by atoms with E-state index in [2.05, 4.69) is 20.4 Å². The van der Waals surface area contributed by atoms with Gasteiger partial charge in [-0.2, -0.15) is 5.10 Å².